The highest BCUT2D eigenvalue weighted by Crippen LogP contribution is 2.27. The summed E-state index contributed by atoms with van der Waals surface area (Å²) in [7, 11) is 1.66. The van der Waals surface area contributed by atoms with Crippen LogP contribution in [0.15, 0.2) is 12.1 Å². The average Bonchev–Trinajstić information content (AvgIpc) is 2.51. The Labute approximate surface area is 148 Å². The fourth-order valence-electron chi connectivity index (χ4n) is 2.65. The van der Waals surface area contributed by atoms with E-state index in [4.69, 9.17) is 23.8 Å². The minimum atomic E-state index is 0.0428. The Hall–Kier alpha value is -1.37. The van der Waals surface area contributed by atoms with E-state index in [-0.39, 0.29) is 5.91 Å². The van der Waals surface area contributed by atoms with Crippen molar-refractivity contribution in [3.63, 3.8) is 0 Å². The van der Waals surface area contributed by atoms with Gasteiger partial charge in [-0.15, -0.1) is 0 Å². The van der Waals surface area contributed by atoms with E-state index < -0.39 is 0 Å². The summed E-state index contributed by atoms with van der Waals surface area (Å²) in [5.41, 5.74) is 3.08. The maximum absolute atomic E-state index is 11.4. The number of hydrogen-bond acceptors (Lipinski definition) is 3. The number of benzene rings is 1. The maximum Gasteiger partial charge on any atom is 0.233 e. The van der Waals surface area contributed by atoms with Crippen molar-refractivity contribution in [3.05, 3.63) is 28.3 Å². The number of halogens is 1. The number of hydrogen-bond donors (Lipinski definition) is 2. The molecule has 0 atom stereocenters. The molecule has 0 radical (unpaired) electrons. The summed E-state index contributed by atoms with van der Waals surface area (Å²) < 4.78 is 0. The second kappa shape index (κ2) is 7.95. The van der Waals surface area contributed by atoms with Crippen LogP contribution in [-0.2, 0) is 4.79 Å². The third kappa shape index (κ3) is 4.80. The minimum absolute atomic E-state index is 0.0428. The lowest BCUT2D eigenvalue weighted by molar-refractivity contribution is -0.122. The van der Waals surface area contributed by atoms with E-state index >= 15 is 0 Å². The van der Waals surface area contributed by atoms with E-state index in [9.17, 15) is 4.79 Å². The molecule has 1 aromatic rings. The van der Waals surface area contributed by atoms with Crippen LogP contribution in [0.3, 0.4) is 0 Å². The second-order valence-corrected chi connectivity index (χ2v) is 6.60. The van der Waals surface area contributed by atoms with Crippen molar-refractivity contribution in [2.45, 2.75) is 13.8 Å². The van der Waals surface area contributed by atoms with Gasteiger partial charge in [0.25, 0.3) is 0 Å². The molecule has 0 unspecified atom stereocenters. The molecule has 5 nitrogen and oxygen atoms in total. The minimum Gasteiger partial charge on any atom is -0.358 e. The van der Waals surface area contributed by atoms with Crippen LogP contribution in [0.4, 0.5) is 5.69 Å². The summed E-state index contributed by atoms with van der Waals surface area (Å²) in [5, 5.41) is 7.28. The van der Waals surface area contributed by atoms with Crippen LogP contribution >= 0.6 is 23.8 Å². The topological polar surface area (TPSA) is 47.6 Å². The molecule has 0 bridgehead atoms. The van der Waals surface area contributed by atoms with Crippen LogP contribution in [0.2, 0.25) is 5.02 Å². The van der Waals surface area contributed by atoms with Crippen LogP contribution in [0.5, 0.6) is 0 Å². The molecule has 23 heavy (non-hydrogen) atoms. The normalized spacial score (nSPS) is 15.4. The molecule has 1 aromatic carbocycles. The van der Waals surface area contributed by atoms with Crippen molar-refractivity contribution in [2.75, 3.05) is 45.1 Å². The SMILES string of the molecule is CNC(=O)CN1CCN(C(=S)Nc2c(C)cc(C)cc2Cl)CC1. The highest BCUT2D eigenvalue weighted by Gasteiger charge is 2.21. The number of carbonyl (C=O) groups is 1. The van der Waals surface area contributed by atoms with Gasteiger partial charge in [-0.05, 0) is 43.3 Å². The first-order valence-electron chi connectivity index (χ1n) is 7.66. The first-order chi connectivity index (χ1) is 10.9. The third-order valence-corrected chi connectivity index (χ3v) is 4.63. The van der Waals surface area contributed by atoms with Gasteiger partial charge in [0.15, 0.2) is 5.11 Å². The second-order valence-electron chi connectivity index (χ2n) is 5.81. The molecule has 1 heterocycles. The van der Waals surface area contributed by atoms with E-state index in [1.54, 1.807) is 7.05 Å². The van der Waals surface area contributed by atoms with E-state index in [0.717, 1.165) is 43.0 Å². The van der Waals surface area contributed by atoms with Gasteiger partial charge >= 0.3 is 0 Å². The highest BCUT2D eigenvalue weighted by molar-refractivity contribution is 7.80. The van der Waals surface area contributed by atoms with Crippen LogP contribution in [-0.4, -0.2) is 60.6 Å². The molecule has 1 saturated heterocycles. The van der Waals surface area contributed by atoms with Gasteiger partial charge in [0, 0.05) is 33.2 Å². The van der Waals surface area contributed by atoms with Crippen molar-refractivity contribution >= 4 is 40.5 Å². The van der Waals surface area contributed by atoms with Gasteiger partial charge in [-0.2, -0.15) is 0 Å². The molecule has 2 N–H and O–H groups in total. The van der Waals surface area contributed by atoms with Gasteiger partial charge in [-0.3, -0.25) is 9.69 Å². The van der Waals surface area contributed by atoms with Crippen LogP contribution in [0.25, 0.3) is 0 Å². The molecule has 1 fully saturated rings. The molecule has 0 saturated carbocycles. The lowest BCUT2D eigenvalue weighted by Gasteiger charge is -2.36. The summed E-state index contributed by atoms with van der Waals surface area (Å²) >= 11 is 11.8. The number of amides is 1. The zero-order valence-corrected chi connectivity index (χ0v) is 15.4. The van der Waals surface area contributed by atoms with Gasteiger partial charge in [-0.1, -0.05) is 17.7 Å². The molecule has 1 aliphatic rings. The number of nitrogens with zero attached hydrogens (tertiary/aromatic N) is 2. The van der Waals surface area contributed by atoms with E-state index in [2.05, 4.69) is 26.5 Å². The van der Waals surface area contributed by atoms with Crippen molar-refractivity contribution < 1.29 is 4.79 Å². The first-order valence-corrected chi connectivity index (χ1v) is 8.45. The molecule has 0 aromatic heterocycles. The van der Waals surface area contributed by atoms with E-state index in [1.165, 1.54) is 0 Å². The predicted molar refractivity (Wildman–Crippen MR) is 99.2 cm³/mol. The summed E-state index contributed by atoms with van der Waals surface area (Å²) in [6.45, 7) is 7.70. The predicted octanol–water partition coefficient (Wildman–Crippen LogP) is 2.02. The molecule has 7 heteroatoms. The molecule has 1 aliphatic heterocycles. The Kier molecular flexibility index (Phi) is 6.21. The van der Waals surface area contributed by atoms with Crippen molar-refractivity contribution in [3.8, 4) is 0 Å². The maximum atomic E-state index is 11.4. The zero-order valence-electron chi connectivity index (χ0n) is 13.8. The summed E-state index contributed by atoms with van der Waals surface area (Å²) in [6.07, 6.45) is 0. The van der Waals surface area contributed by atoms with Gasteiger partial charge in [0.05, 0.1) is 17.3 Å². The quantitative estimate of drug-likeness (QED) is 0.813. The number of piperazine rings is 1. The number of nitrogens with one attached hydrogen (secondary N) is 2. The van der Waals surface area contributed by atoms with Crippen LogP contribution in [0.1, 0.15) is 11.1 Å². The fraction of sp³-hybridized carbons (Fsp3) is 0.500. The molecule has 0 spiro atoms. The monoisotopic (exact) mass is 354 g/mol. The number of anilines is 1. The molecule has 1 amide bonds. The number of carbonyl (C=O) groups excluding carboxylic acids is 1. The lowest BCUT2D eigenvalue weighted by atomic mass is 10.1. The Bertz CT molecular complexity index is 577. The Morgan fingerprint density at radius 3 is 2.48 bits per heavy atom. The molecule has 126 valence electrons. The van der Waals surface area contributed by atoms with E-state index in [1.807, 2.05) is 19.9 Å². The Morgan fingerprint density at radius 1 is 1.26 bits per heavy atom. The van der Waals surface area contributed by atoms with Gasteiger partial charge in [-0.25, -0.2) is 0 Å². The summed E-state index contributed by atoms with van der Waals surface area (Å²) in [6, 6.07) is 4.01. The lowest BCUT2D eigenvalue weighted by Crippen LogP contribution is -2.51. The Balaban J connectivity index is 1.92. The van der Waals surface area contributed by atoms with Crippen molar-refractivity contribution in [2.24, 2.45) is 0 Å². The summed E-state index contributed by atoms with van der Waals surface area (Å²) in [5.74, 6) is 0.0428. The smallest absolute Gasteiger partial charge is 0.233 e. The number of thiocarbonyl (C=S) groups is 1. The zero-order chi connectivity index (χ0) is 17.0. The number of likely N-dealkylation sites (N-methyl/N-ethyl adjacent to an activating group) is 1. The van der Waals surface area contributed by atoms with Gasteiger partial charge in [0.2, 0.25) is 5.91 Å². The van der Waals surface area contributed by atoms with Crippen LogP contribution < -0.4 is 10.6 Å². The van der Waals surface area contributed by atoms with Crippen molar-refractivity contribution in [1.29, 1.82) is 0 Å². The molecule has 2 rings (SSSR count). The first kappa shape index (κ1) is 18.0. The third-order valence-electron chi connectivity index (χ3n) is 3.97. The number of rotatable bonds is 3. The highest BCUT2D eigenvalue weighted by atomic mass is 35.5. The largest absolute Gasteiger partial charge is 0.358 e. The van der Waals surface area contributed by atoms with Crippen LogP contribution in [0, 0.1) is 13.8 Å². The number of aryl methyl sites for hydroxylation is 2. The van der Waals surface area contributed by atoms with Gasteiger partial charge in [0.1, 0.15) is 0 Å². The fourth-order valence-corrected chi connectivity index (χ4v) is 3.30. The van der Waals surface area contributed by atoms with E-state index in [0.29, 0.717) is 16.7 Å². The van der Waals surface area contributed by atoms with Gasteiger partial charge < -0.3 is 15.5 Å². The standard InChI is InChI=1S/C16H23ClN4OS/c1-11-8-12(2)15(13(17)9-11)19-16(23)21-6-4-20(5-7-21)10-14(22)18-3/h8-9H,4-7,10H2,1-3H3,(H,18,22)(H,19,23). The molecular formula is C16H23ClN4OS. The molecule has 0 aliphatic carbocycles. The molecular weight excluding hydrogens is 332 g/mol. The summed E-state index contributed by atoms with van der Waals surface area (Å²) in [4.78, 5) is 15.7. The Morgan fingerprint density at radius 2 is 1.91 bits per heavy atom. The van der Waals surface area contributed by atoms with Crippen molar-refractivity contribution in [1.82, 2.24) is 15.1 Å². The average molecular weight is 355 g/mol.